The average Bonchev–Trinajstić information content (AvgIpc) is 2.72. The molecule has 0 aliphatic heterocycles. The van der Waals surface area contributed by atoms with Crippen molar-refractivity contribution < 1.29 is 17.3 Å². The van der Waals surface area contributed by atoms with Gasteiger partial charge in [0.2, 0.25) is 0 Å². The van der Waals surface area contributed by atoms with Gasteiger partial charge in [-0.25, -0.2) is 9.97 Å². The molecule has 0 atom stereocenters. The highest BCUT2D eigenvalue weighted by atomic mass is 32.2. The number of nitrogen functional groups attached to an aromatic ring is 1. The fourth-order valence-electron chi connectivity index (χ4n) is 1.91. The molecule has 9 nitrogen and oxygen atoms in total. The number of aromatic nitrogens is 4. The predicted octanol–water partition coefficient (Wildman–Crippen LogP) is 0.0918. The van der Waals surface area contributed by atoms with Gasteiger partial charge in [0.05, 0.1) is 20.0 Å². The molecule has 0 saturated heterocycles. The quantitative estimate of drug-likeness (QED) is 0.588. The van der Waals surface area contributed by atoms with E-state index in [0.717, 1.165) is 6.26 Å². The van der Waals surface area contributed by atoms with Gasteiger partial charge in [-0.3, -0.25) is 8.75 Å². The number of ether oxygens (including phenoxy) is 1. The van der Waals surface area contributed by atoms with E-state index in [0.29, 0.717) is 36.0 Å². The Morgan fingerprint density at radius 3 is 2.62 bits per heavy atom. The molecule has 0 aliphatic rings. The largest absolute Gasteiger partial charge is 0.468 e. The number of fused-ring (bicyclic) bond motifs is 1. The van der Waals surface area contributed by atoms with Crippen LogP contribution in [-0.4, -0.2) is 47.9 Å². The number of aryl methyl sites for hydroxylation is 2. The lowest BCUT2D eigenvalue weighted by atomic mass is 10.4. The Morgan fingerprint density at radius 1 is 1.29 bits per heavy atom. The summed E-state index contributed by atoms with van der Waals surface area (Å²) in [6, 6.07) is 0.343. The van der Waals surface area contributed by atoms with Gasteiger partial charge >= 0.3 is 0 Å². The average molecular weight is 315 g/mol. The van der Waals surface area contributed by atoms with E-state index in [2.05, 4.69) is 15.0 Å². The highest BCUT2D eigenvalue weighted by Crippen LogP contribution is 2.23. The smallest absolute Gasteiger partial charge is 0.298 e. The van der Waals surface area contributed by atoms with E-state index in [1.165, 1.54) is 7.11 Å². The standard InChI is InChI=1S/C11H17N5O4S/c1-7-13-9(12)8-10(14-7)16(11(15-8)19-2)5-4-6-20-21(3,17)18/h4-6H2,1-3H3,(H2,12,13,14). The summed E-state index contributed by atoms with van der Waals surface area (Å²) in [6.07, 6.45) is 1.47. The number of nitrogens with zero attached hydrogens (tertiary/aromatic N) is 4. The van der Waals surface area contributed by atoms with Crippen molar-refractivity contribution in [1.82, 2.24) is 19.5 Å². The molecular weight excluding hydrogens is 298 g/mol. The summed E-state index contributed by atoms with van der Waals surface area (Å²) in [4.78, 5) is 12.6. The number of hydrogen-bond acceptors (Lipinski definition) is 8. The minimum Gasteiger partial charge on any atom is -0.468 e. The summed E-state index contributed by atoms with van der Waals surface area (Å²) in [5.41, 5.74) is 6.83. The third-order valence-electron chi connectivity index (χ3n) is 2.70. The van der Waals surface area contributed by atoms with E-state index in [-0.39, 0.29) is 12.4 Å². The summed E-state index contributed by atoms with van der Waals surface area (Å²) in [5.74, 6) is 0.804. The molecule has 2 heterocycles. The molecule has 0 bridgehead atoms. The fraction of sp³-hybridized carbons (Fsp3) is 0.545. The van der Waals surface area contributed by atoms with Gasteiger partial charge < -0.3 is 10.5 Å². The van der Waals surface area contributed by atoms with Crippen LogP contribution in [0.5, 0.6) is 6.01 Å². The molecule has 116 valence electrons. The van der Waals surface area contributed by atoms with E-state index >= 15 is 0 Å². The zero-order valence-corrected chi connectivity index (χ0v) is 12.8. The predicted molar refractivity (Wildman–Crippen MR) is 76.4 cm³/mol. The van der Waals surface area contributed by atoms with Gasteiger partial charge in [0.15, 0.2) is 17.0 Å². The minimum absolute atomic E-state index is 0.0706. The molecular formula is C11H17N5O4S. The van der Waals surface area contributed by atoms with Crippen molar-refractivity contribution in [3.05, 3.63) is 5.82 Å². The van der Waals surface area contributed by atoms with Crippen LogP contribution in [0.25, 0.3) is 11.2 Å². The van der Waals surface area contributed by atoms with Crippen molar-refractivity contribution in [2.24, 2.45) is 0 Å². The van der Waals surface area contributed by atoms with Crippen molar-refractivity contribution in [3.8, 4) is 6.01 Å². The van der Waals surface area contributed by atoms with E-state index < -0.39 is 10.1 Å². The molecule has 0 aromatic carbocycles. The Morgan fingerprint density at radius 2 is 2.00 bits per heavy atom. The second-order valence-electron chi connectivity index (χ2n) is 4.46. The van der Waals surface area contributed by atoms with Gasteiger partial charge in [-0.1, -0.05) is 0 Å². The van der Waals surface area contributed by atoms with Gasteiger partial charge in [-0.15, -0.1) is 0 Å². The minimum atomic E-state index is -3.44. The summed E-state index contributed by atoms with van der Waals surface area (Å²) < 4.78 is 33.4. The number of rotatable bonds is 6. The maximum Gasteiger partial charge on any atom is 0.298 e. The second-order valence-corrected chi connectivity index (χ2v) is 6.10. The van der Waals surface area contributed by atoms with Crippen LogP contribution in [0, 0.1) is 6.92 Å². The Labute approximate surface area is 122 Å². The number of nitrogens with two attached hydrogens (primary N) is 1. The number of hydrogen-bond donors (Lipinski definition) is 1. The van der Waals surface area contributed by atoms with Crippen LogP contribution in [0.1, 0.15) is 12.2 Å². The molecule has 2 N–H and O–H groups in total. The molecule has 0 radical (unpaired) electrons. The van der Waals surface area contributed by atoms with Crippen LogP contribution in [0.2, 0.25) is 0 Å². The van der Waals surface area contributed by atoms with E-state index in [1.54, 1.807) is 11.5 Å². The Bertz CT molecular complexity index is 756. The van der Waals surface area contributed by atoms with Crippen LogP contribution in [0.15, 0.2) is 0 Å². The Hall–Kier alpha value is -1.94. The highest BCUT2D eigenvalue weighted by Gasteiger charge is 2.16. The normalized spacial score (nSPS) is 12.0. The first-order valence-corrected chi connectivity index (χ1v) is 8.02. The molecule has 0 fully saturated rings. The first-order chi connectivity index (χ1) is 9.81. The third-order valence-corrected chi connectivity index (χ3v) is 3.30. The number of anilines is 1. The van der Waals surface area contributed by atoms with E-state index in [4.69, 9.17) is 14.7 Å². The first kappa shape index (κ1) is 15.4. The topological polar surface area (TPSA) is 122 Å². The summed E-state index contributed by atoms with van der Waals surface area (Å²) >= 11 is 0. The van der Waals surface area contributed by atoms with Crippen molar-refractivity contribution >= 4 is 27.1 Å². The monoisotopic (exact) mass is 315 g/mol. The summed E-state index contributed by atoms with van der Waals surface area (Å²) in [6.45, 7) is 2.23. The summed E-state index contributed by atoms with van der Waals surface area (Å²) in [7, 11) is -1.95. The third kappa shape index (κ3) is 3.58. The van der Waals surface area contributed by atoms with Gasteiger partial charge in [0, 0.05) is 6.54 Å². The van der Waals surface area contributed by atoms with Crippen LogP contribution >= 0.6 is 0 Å². The zero-order chi connectivity index (χ0) is 15.6. The molecule has 0 spiro atoms. The van der Waals surface area contributed by atoms with Crippen LogP contribution in [-0.2, 0) is 20.8 Å². The molecule has 21 heavy (non-hydrogen) atoms. The molecule has 2 aromatic rings. The number of methoxy groups -OCH3 is 1. The molecule has 0 saturated carbocycles. The molecule has 0 aliphatic carbocycles. The number of imidazole rings is 1. The van der Waals surface area contributed by atoms with Gasteiger partial charge in [-0.2, -0.15) is 13.4 Å². The lowest BCUT2D eigenvalue weighted by Crippen LogP contribution is -2.09. The zero-order valence-electron chi connectivity index (χ0n) is 12.0. The lowest BCUT2D eigenvalue weighted by molar-refractivity contribution is 0.299. The SMILES string of the molecule is COc1nc2c(N)nc(C)nc2n1CCCOS(C)(=O)=O. The van der Waals surface area contributed by atoms with E-state index in [9.17, 15) is 8.42 Å². The van der Waals surface area contributed by atoms with Crippen LogP contribution in [0.3, 0.4) is 0 Å². The molecule has 0 unspecified atom stereocenters. The van der Waals surface area contributed by atoms with Crippen molar-refractivity contribution in [2.45, 2.75) is 19.9 Å². The Balaban J connectivity index is 2.25. The van der Waals surface area contributed by atoms with Crippen molar-refractivity contribution in [3.63, 3.8) is 0 Å². The summed E-state index contributed by atoms with van der Waals surface area (Å²) in [5, 5.41) is 0. The lowest BCUT2D eigenvalue weighted by Gasteiger charge is -2.07. The fourth-order valence-corrected chi connectivity index (χ4v) is 2.33. The van der Waals surface area contributed by atoms with Gasteiger partial charge in [0.25, 0.3) is 16.1 Å². The first-order valence-electron chi connectivity index (χ1n) is 6.20. The maximum atomic E-state index is 10.9. The maximum absolute atomic E-state index is 10.9. The van der Waals surface area contributed by atoms with Gasteiger partial charge in [-0.05, 0) is 13.3 Å². The second kappa shape index (κ2) is 5.82. The van der Waals surface area contributed by atoms with Crippen molar-refractivity contribution in [2.75, 3.05) is 25.7 Å². The van der Waals surface area contributed by atoms with Gasteiger partial charge in [0.1, 0.15) is 5.82 Å². The van der Waals surface area contributed by atoms with Crippen molar-refractivity contribution in [1.29, 1.82) is 0 Å². The molecule has 2 rings (SSSR count). The molecule has 10 heteroatoms. The Kier molecular flexibility index (Phi) is 4.28. The molecule has 0 amide bonds. The van der Waals surface area contributed by atoms with E-state index in [1.807, 2.05) is 0 Å². The van der Waals surface area contributed by atoms with Crippen LogP contribution < -0.4 is 10.5 Å². The molecule has 2 aromatic heterocycles. The highest BCUT2D eigenvalue weighted by molar-refractivity contribution is 7.85. The van der Waals surface area contributed by atoms with Crippen LogP contribution in [0.4, 0.5) is 5.82 Å².